The predicted molar refractivity (Wildman–Crippen MR) is 146 cm³/mol. The number of amides is 2. The third-order valence-electron chi connectivity index (χ3n) is 8.03. The first-order valence-corrected chi connectivity index (χ1v) is 14.1. The fourth-order valence-electron chi connectivity index (χ4n) is 5.51. The van der Waals surface area contributed by atoms with Crippen molar-refractivity contribution in [1.29, 1.82) is 0 Å². The number of aliphatic hydroxyl groups is 1. The van der Waals surface area contributed by atoms with Crippen molar-refractivity contribution in [3.8, 4) is 11.1 Å². The van der Waals surface area contributed by atoms with Crippen LogP contribution in [0, 0.1) is 42.8 Å². The molecule has 3 heterocycles. The first-order valence-electron chi connectivity index (χ1n) is 14.1. The monoisotopic (exact) mass is 604 g/mol. The van der Waals surface area contributed by atoms with Crippen molar-refractivity contribution in [3.05, 3.63) is 64.8 Å². The number of nitrogens with zero attached hydrogens (tertiary/aromatic N) is 4. The normalized spacial score (nSPS) is 16.7. The maximum Gasteiger partial charge on any atom is 0.414 e. The molecule has 3 aromatic rings. The molecule has 14 heteroatoms. The van der Waals surface area contributed by atoms with Gasteiger partial charge < -0.3 is 20.9 Å². The molecular formula is C29H32F4N6O4. The van der Waals surface area contributed by atoms with Gasteiger partial charge in [0, 0.05) is 37.2 Å². The Morgan fingerprint density at radius 2 is 1.81 bits per heavy atom. The number of halogens is 4. The van der Waals surface area contributed by atoms with E-state index < -0.39 is 42.5 Å². The lowest BCUT2D eigenvalue weighted by atomic mass is 9.88. The number of carbonyl (C=O) groups is 2. The molecule has 2 aliphatic carbocycles. The van der Waals surface area contributed by atoms with Gasteiger partial charge in [-0.2, -0.15) is 27.4 Å². The lowest BCUT2D eigenvalue weighted by Gasteiger charge is -2.27. The van der Waals surface area contributed by atoms with Crippen LogP contribution < -0.4 is 15.4 Å². The van der Waals surface area contributed by atoms with Crippen molar-refractivity contribution in [2.75, 3.05) is 5.32 Å². The summed E-state index contributed by atoms with van der Waals surface area (Å²) in [6, 6.07) is 4.80. The zero-order valence-electron chi connectivity index (χ0n) is 23.6. The Morgan fingerprint density at radius 1 is 1.14 bits per heavy atom. The van der Waals surface area contributed by atoms with Crippen LogP contribution in [0.4, 0.5) is 23.4 Å². The number of alkyl halides is 3. The molecule has 3 aromatic heterocycles. The summed E-state index contributed by atoms with van der Waals surface area (Å²) in [4.78, 5) is 30.9. The summed E-state index contributed by atoms with van der Waals surface area (Å²) in [6.45, 7) is 2.90. The van der Waals surface area contributed by atoms with Crippen molar-refractivity contribution in [3.63, 3.8) is 0 Å². The van der Waals surface area contributed by atoms with E-state index in [1.54, 1.807) is 19.9 Å². The highest BCUT2D eigenvalue weighted by atomic mass is 19.4. The summed E-state index contributed by atoms with van der Waals surface area (Å²) >= 11 is 0. The minimum Gasteiger partial charge on any atom is -0.618 e. The number of anilines is 1. The van der Waals surface area contributed by atoms with Crippen molar-refractivity contribution in [1.82, 2.24) is 20.1 Å². The van der Waals surface area contributed by atoms with Gasteiger partial charge in [0.1, 0.15) is 17.6 Å². The molecule has 0 aliphatic heterocycles. The molecule has 10 nitrogen and oxygen atoms in total. The Balaban J connectivity index is 1.35. The molecule has 2 amide bonds. The van der Waals surface area contributed by atoms with Crippen LogP contribution in [0.15, 0.2) is 36.7 Å². The molecule has 1 unspecified atom stereocenters. The molecule has 2 fully saturated rings. The van der Waals surface area contributed by atoms with Crippen LogP contribution in [-0.4, -0.2) is 50.0 Å². The zero-order valence-corrected chi connectivity index (χ0v) is 23.6. The van der Waals surface area contributed by atoms with Crippen LogP contribution in [0.1, 0.15) is 53.8 Å². The van der Waals surface area contributed by atoms with Crippen LogP contribution in [-0.2, 0) is 11.3 Å². The van der Waals surface area contributed by atoms with E-state index in [4.69, 9.17) is 0 Å². The number of aromatic nitrogens is 4. The molecule has 0 spiro atoms. The van der Waals surface area contributed by atoms with Crippen molar-refractivity contribution < 1.29 is 37.0 Å². The Morgan fingerprint density at radius 3 is 2.42 bits per heavy atom. The standard InChI is InChI=1S/C29H32F4N6O4/c1-15-13-20(16(2)39(43)14-15)19-7-8-23(35-26(19)30)36-28(42)25(24(17-3-4-17)18-5-6-18)37-27(41)21-9-11-34-38(21)12-10-22(40)29(31,32)33/h7-9,11,13-14,17-18,22,24-25,40H,3-6,10,12H2,1-2H3,(H,37,41)(H,35,36,42)/t22?,25-/m0/s1. The summed E-state index contributed by atoms with van der Waals surface area (Å²) in [7, 11) is 0. The van der Waals surface area contributed by atoms with Gasteiger partial charge in [-0.1, -0.05) is 0 Å². The van der Waals surface area contributed by atoms with E-state index in [2.05, 4.69) is 20.7 Å². The van der Waals surface area contributed by atoms with Crippen LogP contribution in [0.3, 0.4) is 0 Å². The van der Waals surface area contributed by atoms with Gasteiger partial charge in [0.2, 0.25) is 11.9 Å². The number of hydrogen-bond donors (Lipinski definition) is 3. The topological polar surface area (TPSA) is 136 Å². The Kier molecular flexibility index (Phi) is 8.41. The molecule has 3 N–H and O–H groups in total. The highest BCUT2D eigenvalue weighted by Gasteiger charge is 2.48. The van der Waals surface area contributed by atoms with E-state index in [-0.39, 0.29) is 47.1 Å². The number of pyridine rings is 2. The number of carbonyl (C=O) groups excluding carboxylic acids is 2. The molecule has 0 saturated heterocycles. The van der Waals surface area contributed by atoms with E-state index in [9.17, 15) is 33.1 Å². The second-order valence-corrected chi connectivity index (χ2v) is 11.4. The molecule has 2 aliphatic rings. The molecule has 2 saturated carbocycles. The van der Waals surface area contributed by atoms with E-state index in [0.717, 1.165) is 30.4 Å². The second kappa shape index (κ2) is 11.9. The number of aryl methyl sites for hydroxylation is 2. The van der Waals surface area contributed by atoms with Crippen molar-refractivity contribution in [2.45, 2.75) is 70.8 Å². The number of rotatable bonds is 11. The van der Waals surface area contributed by atoms with Crippen LogP contribution >= 0.6 is 0 Å². The van der Waals surface area contributed by atoms with E-state index in [0.29, 0.717) is 15.9 Å². The third kappa shape index (κ3) is 6.95. The molecular weight excluding hydrogens is 572 g/mol. The van der Waals surface area contributed by atoms with Gasteiger partial charge in [-0.05, 0) is 74.6 Å². The van der Waals surface area contributed by atoms with Crippen LogP contribution in [0.25, 0.3) is 11.1 Å². The Labute approximate surface area is 244 Å². The van der Waals surface area contributed by atoms with Gasteiger partial charge in [0.25, 0.3) is 5.91 Å². The Bertz CT molecular complexity index is 1510. The first kappa shape index (κ1) is 30.4. The zero-order chi connectivity index (χ0) is 31.1. The van der Waals surface area contributed by atoms with Crippen LogP contribution in [0.2, 0.25) is 0 Å². The molecule has 0 bridgehead atoms. The largest absolute Gasteiger partial charge is 0.618 e. The molecule has 0 aromatic carbocycles. The van der Waals surface area contributed by atoms with Gasteiger partial charge in [0.05, 0.1) is 5.56 Å². The highest BCUT2D eigenvalue weighted by molar-refractivity contribution is 6.00. The summed E-state index contributed by atoms with van der Waals surface area (Å²) in [6.07, 6.45) is -1.87. The smallest absolute Gasteiger partial charge is 0.414 e. The number of aliphatic hydroxyl groups excluding tert-OH is 1. The lowest BCUT2D eigenvalue weighted by Crippen LogP contribution is -2.50. The van der Waals surface area contributed by atoms with Gasteiger partial charge in [-0.25, -0.2) is 4.98 Å². The molecule has 230 valence electrons. The van der Waals surface area contributed by atoms with Gasteiger partial charge in [0.15, 0.2) is 18.0 Å². The van der Waals surface area contributed by atoms with Gasteiger partial charge in [-0.15, -0.1) is 0 Å². The average molecular weight is 605 g/mol. The van der Waals surface area contributed by atoms with Crippen LogP contribution in [0.5, 0.6) is 0 Å². The first-order chi connectivity index (χ1) is 20.3. The summed E-state index contributed by atoms with van der Waals surface area (Å²) in [5.41, 5.74) is 1.32. The van der Waals surface area contributed by atoms with E-state index in [1.807, 2.05) is 0 Å². The van der Waals surface area contributed by atoms with Gasteiger partial charge >= 0.3 is 6.18 Å². The number of nitrogens with one attached hydrogen (secondary N) is 2. The van der Waals surface area contributed by atoms with Crippen molar-refractivity contribution >= 4 is 17.6 Å². The van der Waals surface area contributed by atoms with Gasteiger partial charge in [-0.3, -0.25) is 14.3 Å². The predicted octanol–water partition coefficient (Wildman–Crippen LogP) is 3.82. The van der Waals surface area contributed by atoms with E-state index in [1.165, 1.54) is 30.6 Å². The SMILES string of the molecule is Cc1cc(-c2ccc(NC(=O)[C@@H](NC(=O)c3ccnn3CCC(O)C(F)(F)F)C(C3CC3)C3CC3)nc2F)c(C)[n+]([O-])c1. The summed E-state index contributed by atoms with van der Waals surface area (Å²) < 4.78 is 55.2. The average Bonchev–Trinajstić information content (AvgIpc) is 3.88. The molecule has 43 heavy (non-hydrogen) atoms. The fourth-order valence-corrected chi connectivity index (χ4v) is 5.51. The Hall–Kier alpha value is -4.07. The molecule has 5 rings (SSSR count). The van der Waals surface area contributed by atoms with Crippen molar-refractivity contribution in [2.24, 2.45) is 17.8 Å². The lowest BCUT2D eigenvalue weighted by molar-refractivity contribution is -0.612. The van der Waals surface area contributed by atoms with E-state index >= 15 is 4.39 Å². The summed E-state index contributed by atoms with van der Waals surface area (Å²) in [5, 5.41) is 30.8. The fraction of sp³-hybridized carbons (Fsp3) is 0.483. The third-order valence-corrected chi connectivity index (χ3v) is 8.03. The minimum absolute atomic E-state index is 0.0600. The highest BCUT2D eigenvalue weighted by Crippen LogP contribution is 2.51. The number of hydrogen-bond acceptors (Lipinski definition) is 6. The quantitative estimate of drug-likeness (QED) is 0.132. The second-order valence-electron chi connectivity index (χ2n) is 11.4. The maximum atomic E-state index is 15.2. The maximum absolute atomic E-state index is 15.2. The molecule has 2 atom stereocenters. The minimum atomic E-state index is -4.80. The summed E-state index contributed by atoms with van der Waals surface area (Å²) in [5.74, 6) is -2.03. The molecule has 0 radical (unpaired) electrons.